The molecule has 0 unspecified atom stereocenters. The summed E-state index contributed by atoms with van der Waals surface area (Å²) in [7, 11) is 1.51. The van der Waals surface area contributed by atoms with Crippen molar-refractivity contribution in [1.29, 1.82) is 0 Å². The number of anilines is 1. The van der Waals surface area contributed by atoms with Crippen molar-refractivity contribution in [2.75, 3.05) is 25.5 Å². The van der Waals surface area contributed by atoms with E-state index in [-0.39, 0.29) is 17.5 Å². The quantitative estimate of drug-likeness (QED) is 0.627. The molecule has 1 aliphatic heterocycles. The lowest BCUT2D eigenvalue weighted by molar-refractivity contribution is -0.384. The van der Waals surface area contributed by atoms with E-state index in [0.29, 0.717) is 5.75 Å². The number of benzene rings is 2. The predicted molar refractivity (Wildman–Crippen MR) is 98.0 cm³/mol. The zero-order valence-electron chi connectivity index (χ0n) is 14.7. The van der Waals surface area contributed by atoms with Gasteiger partial charge in [-0.15, -0.1) is 0 Å². The first-order chi connectivity index (χ1) is 12.5. The monoisotopic (exact) mass is 359 g/mol. The molecule has 0 radical (unpaired) electrons. The molecule has 1 heterocycles. The third-order valence-electron chi connectivity index (χ3n) is 4.64. The van der Waals surface area contributed by atoms with Crippen LogP contribution in [-0.2, 0) is 6.54 Å². The summed E-state index contributed by atoms with van der Waals surface area (Å²) in [5.41, 5.74) is 1.76. The number of methoxy groups -OCH3 is 1. The molecule has 2 aromatic rings. The van der Waals surface area contributed by atoms with Gasteiger partial charge in [-0.2, -0.15) is 0 Å². The third-order valence-corrected chi connectivity index (χ3v) is 4.64. The minimum absolute atomic E-state index is 0.0114. The molecule has 1 aliphatic rings. The van der Waals surface area contributed by atoms with Crippen LogP contribution in [-0.4, -0.2) is 36.1 Å². The molecule has 1 fully saturated rings. The van der Waals surface area contributed by atoms with Gasteiger partial charge in [-0.25, -0.2) is 4.39 Å². The molecule has 3 rings (SSSR count). The summed E-state index contributed by atoms with van der Waals surface area (Å²) in [4.78, 5) is 12.8. The highest BCUT2D eigenvalue weighted by Gasteiger charge is 2.21. The van der Waals surface area contributed by atoms with Gasteiger partial charge in [0.15, 0.2) is 0 Å². The molecule has 2 aromatic carbocycles. The first-order valence-corrected chi connectivity index (χ1v) is 8.61. The highest BCUT2D eigenvalue weighted by atomic mass is 19.1. The van der Waals surface area contributed by atoms with E-state index in [2.05, 4.69) is 10.2 Å². The lowest BCUT2D eigenvalue weighted by Crippen LogP contribution is -2.38. The Labute approximate surface area is 151 Å². The number of likely N-dealkylation sites (tertiary alicyclic amines) is 1. The molecule has 0 atom stereocenters. The molecule has 1 N–H and O–H groups in total. The Morgan fingerprint density at radius 1 is 1.27 bits per heavy atom. The third kappa shape index (κ3) is 4.49. The smallest absolute Gasteiger partial charge is 0.273 e. The van der Waals surface area contributed by atoms with Crippen LogP contribution < -0.4 is 10.1 Å². The summed E-state index contributed by atoms with van der Waals surface area (Å²) in [6, 6.07) is 11.6. The molecule has 0 bridgehead atoms. The molecule has 0 aliphatic carbocycles. The zero-order chi connectivity index (χ0) is 18.5. The second-order valence-electron chi connectivity index (χ2n) is 6.47. The fraction of sp³-hybridized carbons (Fsp3) is 0.368. The Balaban J connectivity index is 1.56. The minimum Gasteiger partial charge on any atom is -0.494 e. The summed E-state index contributed by atoms with van der Waals surface area (Å²) in [6.45, 7) is 2.55. The van der Waals surface area contributed by atoms with Crippen LogP contribution in [0, 0.1) is 15.9 Å². The van der Waals surface area contributed by atoms with E-state index in [1.54, 1.807) is 18.2 Å². The first kappa shape index (κ1) is 18.1. The number of halogens is 1. The number of nitro groups is 1. The highest BCUT2D eigenvalue weighted by Crippen LogP contribution is 2.30. The van der Waals surface area contributed by atoms with Crippen molar-refractivity contribution in [3.05, 3.63) is 64.0 Å². The Morgan fingerprint density at radius 2 is 2.04 bits per heavy atom. The average molecular weight is 359 g/mol. The largest absolute Gasteiger partial charge is 0.494 e. The molecule has 0 amide bonds. The van der Waals surface area contributed by atoms with Crippen LogP contribution in [0.25, 0.3) is 0 Å². The Kier molecular flexibility index (Phi) is 5.68. The van der Waals surface area contributed by atoms with Gasteiger partial charge >= 0.3 is 0 Å². The molecular formula is C19H22FN3O3. The van der Waals surface area contributed by atoms with E-state index in [9.17, 15) is 14.5 Å². The lowest BCUT2D eigenvalue weighted by Gasteiger charge is -2.33. The summed E-state index contributed by atoms with van der Waals surface area (Å²) in [5, 5.41) is 14.3. The Morgan fingerprint density at radius 3 is 2.69 bits per heavy atom. The number of piperidine rings is 1. The summed E-state index contributed by atoms with van der Waals surface area (Å²) >= 11 is 0. The maximum Gasteiger partial charge on any atom is 0.273 e. The van der Waals surface area contributed by atoms with E-state index >= 15 is 0 Å². The maximum absolute atomic E-state index is 13.3. The van der Waals surface area contributed by atoms with Gasteiger partial charge in [0, 0.05) is 31.7 Å². The molecule has 6 nitrogen and oxygen atoms in total. The molecule has 26 heavy (non-hydrogen) atoms. The molecule has 138 valence electrons. The van der Waals surface area contributed by atoms with Crippen LogP contribution in [0.2, 0.25) is 0 Å². The van der Waals surface area contributed by atoms with Crippen LogP contribution in [0.5, 0.6) is 5.75 Å². The van der Waals surface area contributed by atoms with Gasteiger partial charge < -0.3 is 10.1 Å². The van der Waals surface area contributed by atoms with Crippen LogP contribution in [0.1, 0.15) is 18.4 Å². The Bertz CT molecular complexity index is 776. The van der Waals surface area contributed by atoms with Crippen molar-refractivity contribution in [3.8, 4) is 5.75 Å². The molecule has 7 heteroatoms. The fourth-order valence-corrected chi connectivity index (χ4v) is 3.26. The van der Waals surface area contributed by atoms with Crippen molar-refractivity contribution in [2.24, 2.45) is 0 Å². The normalized spacial score (nSPS) is 15.6. The standard InChI is InChI=1S/C19H22FN3O3/c1-26-19-12-17(23(24)25)5-6-18(19)21-16-7-9-22(10-8-16)13-14-3-2-4-15(20)11-14/h2-6,11-12,16,21H,7-10,13H2,1H3. The second kappa shape index (κ2) is 8.14. The molecule has 0 aromatic heterocycles. The van der Waals surface area contributed by atoms with Gasteiger partial charge in [0.2, 0.25) is 0 Å². The number of nitrogens with zero attached hydrogens (tertiary/aromatic N) is 2. The lowest BCUT2D eigenvalue weighted by atomic mass is 10.0. The summed E-state index contributed by atoms with van der Waals surface area (Å²) in [5.74, 6) is 0.269. The fourth-order valence-electron chi connectivity index (χ4n) is 3.26. The zero-order valence-corrected chi connectivity index (χ0v) is 14.7. The number of hydrogen-bond donors (Lipinski definition) is 1. The Hall–Kier alpha value is -2.67. The average Bonchev–Trinajstić information content (AvgIpc) is 2.63. The van der Waals surface area contributed by atoms with Gasteiger partial charge in [0.25, 0.3) is 5.69 Å². The van der Waals surface area contributed by atoms with E-state index in [4.69, 9.17) is 4.74 Å². The summed E-state index contributed by atoms with van der Waals surface area (Å²) < 4.78 is 18.6. The summed E-state index contributed by atoms with van der Waals surface area (Å²) in [6.07, 6.45) is 1.88. The minimum atomic E-state index is -0.433. The van der Waals surface area contributed by atoms with Gasteiger partial charge in [-0.1, -0.05) is 12.1 Å². The van der Waals surface area contributed by atoms with Gasteiger partial charge in [-0.3, -0.25) is 15.0 Å². The van der Waals surface area contributed by atoms with Crippen molar-refractivity contribution in [1.82, 2.24) is 4.90 Å². The number of non-ortho nitro benzene ring substituents is 1. The first-order valence-electron chi connectivity index (χ1n) is 8.61. The second-order valence-corrected chi connectivity index (χ2v) is 6.47. The molecule has 0 saturated carbocycles. The number of nitro benzene ring substituents is 1. The van der Waals surface area contributed by atoms with Crippen molar-refractivity contribution in [2.45, 2.75) is 25.4 Å². The number of rotatable bonds is 6. The van der Waals surface area contributed by atoms with Gasteiger partial charge in [0.05, 0.1) is 23.8 Å². The topological polar surface area (TPSA) is 67.6 Å². The highest BCUT2D eigenvalue weighted by molar-refractivity contribution is 5.61. The molecular weight excluding hydrogens is 337 g/mol. The van der Waals surface area contributed by atoms with E-state index in [1.165, 1.54) is 25.3 Å². The molecule has 1 saturated heterocycles. The van der Waals surface area contributed by atoms with Crippen LogP contribution in [0.15, 0.2) is 42.5 Å². The SMILES string of the molecule is COc1cc([N+](=O)[O-])ccc1NC1CCN(Cc2cccc(F)c2)CC1. The number of ether oxygens (including phenoxy) is 1. The molecule has 0 spiro atoms. The predicted octanol–water partition coefficient (Wildman–Crippen LogP) is 3.82. The van der Waals surface area contributed by atoms with Crippen LogP contribution in [0.3, 0.4) is 0 Å². The van der Waals surface area contributed by atoms with Crippen LogP contribution >= 0.6 is 0 Å². The van der Waals surface area contributed by atoms with Crippen molar-refractivity contribution >= 4 is 11.4 Å². The maximum atomic E-state index is 13.3. The van der Waals surface area contributed by atoms with Gasteiger partial charge in [0.1, 0.15) is 11.6 Å². The van der Waals surface area contributed by atoms with Crippen molar-refractivity contribution < 1.29 is 14.1 Å². The van der Waals surface area contributed by atoms with E-state index in [0.717, 1.165) is 43.7 Å². The van der Waals surface area contributed by atoms with Crippen molar-refractivity contribution in [3.63, 3.8) is 0 Å². The number of nitrogens with one attached hydrogen (secondary N) is 1. The number of hydrogen-bond acceptors (Lipinski definition) is 5. The van der Waals surface area contributed by atoms with E-state index in [1.807, 2.05) is 6.07 Å². The van der Waals surface area contributed by atoms with E-state index < -0.39 is 4.92 Å². The van der Waals surface area contributed by atoms with Crippen LogP contribution in [0.4, 0.5) is 15.8 Å². The van der Waals surface area contributed by atoms with Gasteiger partial charge in [-0.05, 0) is 36.6 Å².